The van der Waals surface area contributed by atoms with Crippen LogP contribution in [0.25, 0.3) is 0 Å². The lowest BCUT2D eigenvalue weighted by molar-refractivity contribution is 0.583. The van der Waals surface area contributed by atoms with Crippen LogP contribution in [0.4, 0.5) is 5.82 Å². The minimum atomic E-state index is 0.537. The second-order valence-electron chi connectivity index (χ2n) is 3.56. The zero-order valence-electron chi connectivity index (χ0n) is 8.83. The summed E-state index contributed by atoms with van der Waals surface area (Å²) in [5, 5.41) is 3.85. The molecule has 1 saturated heterocycles. The number of hydrogen-bond donors (Lipinski definition) is 1. The molecule has 15 heavy (non-hydrogen) atoms. The summed E-state index contributed by atoms with van der Waals surface area (Å²) in [6.07, 6.45) is 0.819. The van der Waals surface area contributed by atoms with Crippen LogP contribution in [-0.2, 0) is 6.42 Å². The Hall–Kier alpha value is -0.870. The van der Waals surface area contributed by atoms with Crippen LogP contribution in [-0.4, -0.2) is 36.1 Å². The molecule has 0 aliphatic carbocycles. The largest absolute Gasteiger partial charge is 0.354 e. The molecule has 1 aliphatic heterocycles. The SMILES string of the molecule is CCc1nc(Cl)cc(N2CCNCC2)n1. The predicted molar refractivity (Wildman–Crippen MR) is 61.5 cm³/mol. The van der Waals surface area contributed by atoms with E-state index >= 15 is 0 Å². The Labute approximate surface area is 94.7 Å². The molecule has 0 amide bonds. The normalized spacial score (nSPS) is 16.8. The molecule has 0 spiro atoms. The van der Waals surface area contributed by atoms with Crippen LogP contribution in [0.15, 0.2) is 6.07 Å². The Morgan fingerprint density at radius 1 is 1.40 bits per heavy atom. The van der Waals surface area contributed by atoms with Crippen molar-refractivity contribution in [2.24, 2.45) is 0 Å². The zero-order valence-corrected chi connectivity index (χ0v) is 9.59. The lowest BCUT2D eigenvalue weighted by Gasteiger charge is -2.28. The van der Waals surface area contributed by atoms with Gasteiger partial charge in [-0.25, -0.2) is 9.97 Å². The number of aryl methyl sites for hydroxylation is 1. The fraction of sp³-hybridized carbons (Fsp3) is 0.600. The molecular formula is C10H15ClN4. The summed E-state index contributed by atoms with van der Waals surface area (Å²) in [6.45, 7) is 6.01. The second-order valence-corrected chi connectivity index (χ2v) is 3.94. The number of halogens is 1. The highest BCUT2D eigenvalue weighted by atomic mass is 35.5. The van der Waals surface area contributed by atoms with E-state index in [1.54, 1.807) is 0 Å². The van der Waals surface area contributed by atoms with Gasteiger partial charge in [0.05, 0.1) is 0 Å². The molecule has 0 atom stereocenters. The van der Waals surface area contributed by atoms with Crippen molar-refractivity contribution in [2.45, 2.75) is 13.3 Å². The van der Waals surface area contributed by atoms with E-state index in [9.17, 15) is 0 Å². The minimum Gasteiger partial charge on any atom is -0.354 e. The molecule has 0 saturated carbocycles. The molecule has 2 rings (SSSR count). The van der Waals surface area contributed by atoms with E-state index < -0.39 is 0 Å². The number of aromatic nitrogens is 2. The van der Waals surface area contributed by atoms with E-state index in [0.29, 0.717) is 5.15 Å². The molecule has 1 aliphatic rings. The standard InChI is InChI=1S/C10H15ClN4/c1-2-9-13-8(11)7-10(14-9)15-5-3-12-4-6-15/h7,12H,2-6H2,1H3. The molecule has 4 nitrogen and oxygen atoms in total. The molecule has 2 heterocycles. The Morgan fingerprint density at radius 3 is 2.80 bits per heavy atom. The maximum atomic E-state index is 5.95. The van der Waals surface area contributed by atoms with Crippen molar-refractivity contribution < 1.29 is 0 Å². The molecule has 1 fully saturated rings. The molecule has 1 N–H and O–H groups in total. The Kier molecular flexibility index (Phi) is 3.38. The molecule has 0 radical (unpaired) electrons. The third-order valence-electron chi connectivity index (χ3n) is 2.48. The number of piperazine rings is 1. The number of hydrogen-bond acceptors (Lipinski definition) is 4. The monoisotopic (exact) mass is 226 g/mol. The van der Waals surface area contributed by atoms with Crippen LogP contribution in [0.3, 0.4) is 0 Å². The van der Waals surface area contributed by atoms with E-state index in [-0.39, 0.29) is 0 Å². The molecule has 5 heteroatoms. The van der Waals surface area contributed by atoms with E-state index in [0.717, 1.165) is 44.2 Å². The third kappa shape index (κ3) is 2.58. The number of nitrogens with one attached hydrogen (secondary N) is 1. The summed E-state index contributed by atoms with van der Waals surface area (Å²) in [5.41, 5.74) is 0. The minimum absolute atomic E-state index is 0.537. The lowest BCUT2D eigenvalue weighted by atomic mass is 10.3. The van der Waals surface area contributed by atoms with Gasteiger partial charge in [0.25, 0.3) is 0 Å². The van der Waals surface area contributed by atoms with E-state index in [4.69, 9.17) is 11.6 Å². The Morgan fingerprint density at radius 2 is 2.13 bits per heavy atom. The van der Waals surface area contributed by atoms with Crippen molar-refractivity contribution in [1.29, 1.82) is 0 Å². The molecule has 1 aromatic rings. The topological polar surface area (TPSA) is 41.1 Å². The maximum absolute atomic E-state index is 5.95. The van der Waals surface area contributed by atoms with Crippen LogP contribution in [0.1, 0.15) is 12.7 Å². The van der Waals surface area contributed by atoms with Crippen molar-refractivity contribution in [1.82, 2.24) is 15.3 Å². The summed E-state index contributed by atoms with van der Waals surface area (Å²) >= 11 is 5.95. The van der Waals surface area contributed by atoms with Gasteiger partial charge < -0.3 is 10.2 Å². The van der Waals surface area contributed by atoms with Gasteiger partial charge in [-0.1, -0.05) is 18.5 Å². The van der Waals surface area contributed by atoms with E-state index in [1.807, 2.05) is 13.0 Å². The first-order chi connectivity index (χ1) is 7.29. The highest BCUT2D eigenvalue weighted by Gasteiger charge is 2.13. The molecule has 0 bridgehead atoms. The highest BCUT2D eigenvalue weighted by Crippen LogP contribution is 2.16. The van der Waals surface area contributed by atoms with Gasteiger partial charge >= 0.3 is 0 Å². The molecule has 0 unspecified atom stereocenters. The van der Waals surface area contributed by atoms with Crippen molar-refractivity contribution in [3.8, 4) is 0 Å². The van der Waals surface area contributed by atoms with Crippen LogP contribution < -0.4 is 10.2 Å². The zero-order chi connectivity index (χ0) is 10.7. The summed E-state index contributed by atoms with van der Waals surface area (Å²) in [7, 11) is 0. The maximum Gasteiger partial charge on any atom is 0.134 e. The summed E-state index contributed by atoms with van der Waals surface area (Å²) in [6, 6.07) is 1.84. The average Bonchev–Trinajstić information content (AvgIpc) is 2.29. The third-order valence-corrected chi connectivity index (χ3v) is 2.68. The first-order valence-corrected chi connectivity index (χ1v) is 5.66. The molecule has 82 valence electrons. The number of nitrogens with zero attached hydrogens (tertiary/aromatic N) is 3. The number of anilines is 1. The van der Waals surface area contributed by atoms with Gasteiger partial charge in [-0.15, -0.1) is 0 Å². The van der Waals surface area contributed by atoms with Crippen LogP contribution in [0.2, 0.25) is 5.15 Å². The summed E-state index contributed by atoms with van der Waals surface area (Å²) in [4.78, 5) is 10.9. The fourth-order valence-corrected chi connectivity index (χ4v) is 1.86. The quantitative estimate of drug-likeness (QED) is 0.767. The van der Waals surface area contributed by atoms with Crippen LogP contribution in [0.5, 0.6) is 0 Å². The Balaban J connectivity index is 2.22. The van der Waals surface area contributed by atoms with Gasteiger partial charge in [0, 0.05) is 38.7 Å². The fourth-order valence-electron chi connectivity index (χ4n) is 1.67. The van der Waals surface area contributed by atoms with Crippen molar-refractivity contribution in [3.05, 3.63) is 17.0 Å². The predicted octanol–water partition coefficient (Wildman–Crippen LogP) is 1.10. The smallest absolute Gasteiger partial charge is 0.134 e. The van der Waals surface area contributed by atoms with Gasteiger partial charge in [-0.2, -0.15) is 0 Å². The van der Waals surface area contributed by atoms with Crippen LogP contribution in [0, 0.1) is 0 Å². The second kappa shape index (κ2) is 4.77. The van der Waals surface area contributed by atoms with Crippen LogP contribution >= 0.6 is 11.6 Å². The summed E-state index contributed by atoms with van der Waals surface area (Å²) < 4.78 is 0. The van der Waals surface area contributed by atoms with E-state index in [2.05, 4.69) is 20.2 Å². The van der Waals surface area contributed by atoms with Crippen molar-refractivity contribution in [2.75, 3.05) is 31.1 Å². The summed E-state index contributed by atoms with van der Waals surface area (Å²) in [5.74, 6) is 1.77. The van der Waals surface area contributed by atoms with Crippen molar-refractivity contribution in [3.63, 3.8) is 0 Å². The molecule has 0 aromatic carbocycles. The van der Waals surface area contributed by atoms with Crippen molar-refractivity contribution >= 4 is 17.4 Å². The van der Waals surface area contributed by atoms with E-state index in [1.165, 1.54) is 0 Å². The Bertz CT molecular complexity index is 336. The van der Waals surface area contributed by atoms with Gasteiger partial charge in [-0.3, -0.25) is 0 Å². The first-order valence-electron chi connectivity index (χ1n) is 5.28. The van der Waals surface area contributed by atoms with Gasteiger partial charge in [0.15, 0.2) is 0 Å². The highest BCUT2D eigenvalue weighted by molar-refractivity contribution is 6.29. The average molecular weight is 227 g/mol. The number of rotatable bonds is 2. The lowest BCUT2D eigenvalue weighted by Crippen LogP contribution is -2.44. The first kappa shape index (κ1) is 10.6. The molecule has 1 aromatic heterocycles. The van der Waals surface area contributed by atoms with Gasteiger partial charge in [0.1, 0.15) is 16.8 Å². The van der Waals surface area contributed by atoms with Gasteiger partial charge in [-0.05, 0) is 0 Å². The van der Waals surface area contributed by atoms with Gasteiger partial charge in [0.2, 0.25) is 0 Å². The molecular weight excluding hydrogens is 212 g/mol.